The lowest BCUT2D eigenvalue weighted by atomic mass is 10.3. The van der Waals surface area contributed by atoms with Crippen molar-refractivity contribution in [2.45, 2.75) is 14.7 Å². The number of para-hydroxylation sites is 1. The molecule has 0 aromatic heterocycles. The van der Waals surface area contributed by atoms with Gasteiger partial charge in [0.25, 0.3) is 10.0 Å². The highest BCUT2D eigenvalue weighted by Crippen LogP contribution is 2.37. The van der Waals surface area contributed by atoms with Gasteiger partial charge in [0.1, 0.15) is 0 Å². The van der Waals surface area contributed by atoms with Crippen LogP contribution < -0.4 is 4.31 Å². The van der Waals surface area contributed by atoms with Crippen molar-refractivity contribution in [3.05, 3.63) is 82.8 Å². The summed E-state index contributed by atoms with van der Waals surface area (Å²) in [5.74, 6) is 0. The van der Waals surface area contributed by atoms with E-state index in [1.54, 1.807) is 12.1 Å². The molecule has 3 rings (SSSR count). The van der Waals surface area contributed by atoms with Crippen LogP contribution >= 0.6 is 35.0 Å². The first kappa shape index (κ1) is 23.0. The van der Waals surface area contributed by atoms with Crippen LogP contribution in [0, 0.1) is 0 Å². The Kier molecular flexibility index (Phi) is 7.71. The van der Waals surface area contributed by atoms with Crippen molar-refractivity contribution in [2.24, 2.45) is 0 Å². The van der Waals surface area contributed by atoms with Gasteiger partial charge in [0.05, 0.1) is 10.6 Å². The number of halogens is 2. The van der Waals surface area contributed by atoms with Gasteiger partial charge < -0.3 is 4.90 Å². The lowest BCUT2D eigenvalue weighted by molar-refractivity contribution is 0.419. The average molecular weight is 481 g/mol. The van der Waals surface area contributed by atoms with Crippen molar-refractivity contribution in [3.63, 3.8) is 0 Å². The van der Waals surface area contributed by atoms with Gasteiger partial charge in [-0.25, -0.2) is 8.42 Å². The lowest BCUT2D eigenvalue weighted by Crippen LogP contribution is -2.37. The Hall–Kier alpha value is -1.70. The van der Waals surface area contributed by atoms with Gasteiger partial charge in [0, 0.05) is 32.9 Å². The molecular formula is C22H22Cl2N2O2S2. The highest BCUT2D eigenvalue weighted by Gasteiger charge is 2.27. The first-order valence-corrected chi connectivity index (χ1v) is 12.2. The third-order valence-electron chi connectivity index (χ3n) is 4.33. The van der Waals surface area contributed by atoms with Crippen LogP contribution in [-0.2, 0) is 10.0 Å². The number of likely N-dealkylation sites (N-methyl/N-ethyl adjacent to an activating group) is 1. The molecule has 0 saturated carbocycles. The molecule has 158 valence electrons. The molecule has 0 radical (unpaired) electrons. The number of rotatable bonds is 8. The number of sulfonamides is 1. The highest BCUT2D eigenvalue weighted by molar-refractivity contribution is 7.99. The molecule has 3 aromatic carbocycles. The zero-order valence-corrected chi connectivity index (χ0v) is 19.8. The predicted molar refractivity (Wildman–Crippen MR) is 127 cm³/mol. The highest BCUT2D eigenvalue weighted by atomic mass is 35.5. The monoisotopic (exact) mass is 480 g/mol. The van der Waals surface area contributed by atoms with E-state index in [9.17, 15) is 8.42 Å². The van der Waals surface area contributed by atoms with E-state index in [4.69, 9.17) is 23.2 Å². The summed E-state index contributed by atoms with van der Waals surface area (Å²) in [6.07, 6.45) is 0. The van der Waals surface area contributed by atoms with E-state index in [2.05, 4.69) is 0 Å². The zero-order chi connectivity index (χ0) is 21.7. The van der Waals surface area contributed by atoms with Crippen LogP contribution in [0.15, 0.2) is 87.5 Å². The third kappa shape index (κ3) is 5.71. The van der Waals surface area contributed by atoms with Gasteiger partial charge in [-0.15, -0.1) is 0 Å². The zero-order valence-electron chi connectivity index (χ0n) is 16.6. The van der Waals surface area contributed by atoms with Gasteiger partial charge in [-0.05, 0) is 74.8 Å². The molecule has 3 aromatic rings. The second kappa shape index (κ2) is 10.1. The van der Waals surface area contributed by atoms with Crippen LogP contribution in [-0.4, -0.2) is 40.5 Å². The predicted octanol–water partition coefficient (Wildman–Crippen LogP) is 5.90. The van der Waals surface area contributed by atoms with Gasteiger partial charge in [-0.1, -0.05) is 47.1 Å². The van der Waals surface area contributed by atoms with Crippen LogP contribution in [0.1, 0.15) is 0 Å². The van der Waals surface area contributed by atoms with Gasteiger partial charge in [-0.3, -0.25) is 4.31 Å². The fourth-order valence-corrected chi connectivity index (χ4v) is 5.51. The Labute approximate surface area is 192 Å². The molecule has 0 saturated heterocycles. The summed E-state index contributed by atoms with van der Waals surface area (Å²) in [5, 5.41) is 1.15. The van der Waals surface area contributed by atoms with Crippen LogP contribution in [0.5, 0.6) is 0 Å². The van der Waals surface area contributed by atoms with Gasteiger partial charge in [0.2, 0.25) is 0 Å². The second-order valence-electron chi connectivity index (χ2n) is 6.86. The molecule has 0 aliphatic carbocycles. The molecule has 0 spiro atoms. The van der Waals surface area contributed by atoms with Gasteiger partial charge >= 0.3 is 0 Å². The molecule has 4 nitrogen and oxygen atoms in total. The topological polar surface area (TPSA) is 40.6 Å². The Morgan fingerprint density at radius 3 is 1.97 bits per heavy atom. The van der Waals surface area contributed by atoms with E-state index >= 15 is 0 Å². The maximum absolute atomic E-state index is 13.5. The SMILES string of the molecule is CN(C)CCN(c1ccccc1Sc1ccc(Cl)cc1)S(=O)(=O)c1ccc(Cl)cc1. The molecule has 0 amide bonds. The van der Waals surface area contributed by atoms with E-state index in [1.165, 1.54) is 28.2 Å². The molecule has 0 fully saturated rings. The third-order valence-corrected chi connectivity index (χ3v) is 7.73. The van der Waals surface area contributed by atoms with Crippen LogP contribution in [0.4, 0.5) is 5.69 Å². The maximum Gasteiger partial charge on any atom is 0.264 e. The number of hydrogen-bond donors (Lipinski definition) is 0. The van der Waals surface area contributed by atoms with Gasteiger partial charge in [0.15, 0.2) is 0 Å². The summed E-state index contributed by atoms with van der Waals surface area (Å²) in [7, 11) is 0.0618. The summed E-state index contributed by atoms with van der Waals surface area (Å²) in [5.41, 5.74) is 0.634. The molecule has 30 heavy (non-hydrogen) atoms. The molecule has 0 bridgehead atoms. The smallest absolute Gasteiger partial charge is 0.264 e. The normalized spacial score (nSPS) is 11.6. The molecule has 8 heteroatoms. The van der Waals surface area contributed by atoms with Crippen molar-refractivity contribution in [1.82, 2.24) is 4.90 Å². The fourth-order valence-electron chi connectivity index (χ4n) is 2.77. The van der Waals surface area contributed by atoms with E-state index in [0.717, 1.165) is 9.79 Å². The quantitative estimate of drug-likeness (QED) is 0.402. The molecule has 0 heterocycles. The lowest BCUT2D eigenvalue weighted by Gasteiger charge is -2.27. The Bertz CT molecular complexity index is 1090. The largest absolute Gasteiger partial charge is 0.308 e. The van der Waals surface area contributed by atoms with Crippen molar-refractivity contribution in [3.8, 4) is 0 Å². The molecule has 0 N–H and O–H groups in total. The minimum atomic E-state index is -3.77. The standard InChI is InChI=1S/C22H22Cl2N2O2S2/c1-25(2)15-16-26(30(27,28)20-13-9-18(24)10-14-20)21-5-3-4-6-22(21)29-19-11-7-17(23)8-12-19/h3-14H,15-16H2,1-2H3. The van der Waals surface area contributed by atoms with Crippen LogP contribution in [0.25, 0.3) is 0 Å². The maximum atomic E-state index is 13.5. The Balaban J connectivity index is 2.04. The Morgan fingerprint density at radius 2 is 1.37 bits per heavy atom. The molecule has 0 aliphatic heterocycles. The van der Waals surface area contributed by atoms with Crippen LogP contribution in [0.2, 0.25) is 10.0 Å². The summed E-state index contributed by atoms with van der Waals surface area (Å²) >= 11 is 13.5. The number of benzene rings is 3. The summed E-state index contributed by atoms with van der Waals surface area (Å²) in [6.45, 7) is 0.892. The van der Waals surface area contributed by atoms with Crippen molar-refractivity contribution < 1.29 is 8.42 Å². The van der Waals surface area contributed by atoms with Crippen molar-refractivity contribution >= 4 is 50.7 Å². The first-order chi connectivity index (χ1) is 14.3. The summed E-state index contributed by atoms with van der Waals surface area (Å²) in [6, 6.07) is 21.2. The average Bonchev–Trinajstić information content (AvgIpc) is 2.71. The van der Waals surface area contributed by atoms with E-state index in [-0.39, 0.29) is 4.90 Å². The molecular weight excluding hydrogens is 459 g/mol. The number of hydrogen-bond acceptors (Lipinski definition) is 4. The van der Waals surface area contributed by atoms with E-state index in [1.807, 2.05) is 67.5 Å². The molecule has 0 unspecified atom stereocenters. The molecule has 0 aliphatic rings. The number of anilines is 1. The van der Waals surface area contributed by atoms with E-state index in [0.29, 0.717) is 28.8 Å². The summed E-state index contributed by atoms with van der Waals surface area (Å²) < 4.78 is 28.6. The van der Waals surface area contributed by atoms with Crippen molar-refractivity contribution in [1.29, 1.82) is 0 Å². The second-order valence-corrected chi connectivity index (χ2v) is 10.7. The van der Waals surface area contributed by atoms with Gasteiger partial charge in [-0.2, -0.15) is 0 Å². The first-order valence-electron chi connectivity index (χ1n) is 9.23. The fraction of sp³-hybridized carbons (Fsp3) is 0.182. The molecule has 0 atom stereocenters. The van der Waals surface area contributed by atoms with Crippen molar-refractivity contribution in [2.75, 3.05) is 31.5 Å². The number of nitrogens with zero attached hydrogens (tertiary/aromatic N) is 2. The minimum Gasteiger partial charge on any atom is -0.308 e. The minimum absolute atomic E-state index is 0.206. The Morgan fingerprint density at radius 1 is 0.800 bits per heavy atom. The summed E-state index contributed by atoms with van der Waals surface area (Å²) in [4.78, 5) is 3.98. The van der Waals surface area contributed by atoms with Crippen LogP contribution in [0.3, 0.4) is 0 Å². The van der Waals surface area contributed by atoms with E-state index < -0.39 is 10.0 Å².